The molecule has 33 heavy (non-hydrogen) atoms. The highest BCUT2D eigenvalue weighted by Gasteiger charge is 2.22. The van der Waals surface area contributed by atoms with Gasteiger partial charge in [-0.1, -0.05) is 24.3 Å². The summed E-state index contributed by atoms with van der Waals surface area (Å²) in [5.41, 5.74) is 12.9. The Kier molecular flexibility index (Phi) is 5.50. The van der Waals surface area contributed by atoms with Crippen LogP contribution in [0.15, 0.2) is 54.7 Å². The van der Waals surface area contributed by atoms with E-state index >= 15 is 0 Å². The van der Waals surface area contributed by atoms with Gasteiger partial charge in [0.2, 0.25) is 0 Å². The van der Waals surface area contributed by atoms with Crippen LogP contribution in [0.2, 0.25) is 0 Å². The lowest BCUT2D eigenvalue weighted by Crippen LogP contribution is -2.41. The van der Waals surface area contributed by atoms with Crippen molar-refractivity contribution in [1.29, 1.82) is 0 Å². The minimum atomic E-state index is -0.281. The summed E-state index contributed by atoms with van der Waals surface area (Å²) in [4.78, 5) is 9.63. The normalized spacial score (nSPS) is 15.0. The van der Waals surface area contributed by atoms with Gasteiger partial charge in [-0.2, -0.15) is 9.61 Å². The van der Waals surface area contributed by atoms with E-state index in [0.29, 0.717) is 11.9 Å². The highest BCUT2D eigenvalue weighted by Crippen LogP contribution is 2.34. The number of anilines is 2. The topological polar surface area (TPSA) is 62.7 Å². The van der Waals surface area contributed by atoms with Gasteiger partial charge in [0.1, 0.15) is 11.6 Å². The van der Waals surface area contributed by atoms with Crippen molar-refractivity contribution in [2.75, 3.05) is 37.8 Å². The zero-order chi connectivity index (χ0) is 23.1. The summed E-state index contributed by atoms with van der Waals surface area (Å²) in [6, 6.07) is 15.5. The van der Waals surface area contributed by atoms with Crippen LogP contribution in [0.25, 0.3) is 27.9 Å². The first kappa shape index (κ1) is 21.4. The number of nitrogens with zero attached hydrogens (tertiary/aromatic N) is 5. The first-order valence-electron chi connectivity index (χ1n) is 11.3. The summed E-state index contributed by atoms with van der Waals surface area (Å²) in [6.07, 6.45) is 4.15. The van der Waals surface area contributed by atoms with E-state index in [1.165, 1.54) is 17.8 Å². The molecule has 2 aromatic heterocycles. The molecule has 3 heterocycles. The lowest BCUT2D eigenvalue weighted by molar-refractivity contribution is 0.249. The third-order valence-electron chi connectivity index (χ3n) is 6.71. The van der Waals surface area contributed by atoms with Crippen LogP contribution in [-0.2, 0) is 0 Å². The van der Waals surface area contributed by atoms with Crippen molar-refractivity contribution in [3.8, 4) is 22.3 Å². The minimum Gasteiger partial charge on any atom is -0.383 e. The molecule has 0 radical (unpaired) electrons. The van der Waals surface area contributed by atoms with Crippen LogP contribution >= 0.6 is 0 Å². The molecule has 1 aliphatic rings. The van der Waals surface area contributed by atoms with Crippen molar-refractivity contribution < 1.29 is 4.39 Å². The Balaban J connectivity index is 1.50. The molecule has 0 unspecified atom stereocenters. The Morgan fingerprint density at radius 3 is 2.45 bits per heavy atom. The minimum absolute atomic E-state index is 0.281. The monoisotopic (exact) mass is 444 g/mol. The molecule has 5 rings (SSSR count). The Morgan fingerprint density at radius 2 is 1.76 bits per heavy atom. The molecule has 1 aliphatic heterocycles. The van der Waals surface area contributed by atoms with Gasteiger partial charge in [-0.05, 0) is 69.3 Å². The molecule has 0 saturated carbocycles. The fourth-order valence-corrected chi connectivity index (χ4v) is 4.82. The summed E-state index contributed by atoms with van der Waals surface area (Å²) >= 11 is 0. The Labute approximate surface area is 193 Å². The number of aryl methyl sites for hydroxylation is 1. The molecule has 170 valence electrons. The number of halogens is 1. The zero-order valence-electron chi connectivity index (χ0n) is 19.3. The van der Waals surface area contributed by atoms with Gasteiger partial charge in [0.15, 0.2) is 5.65 Å². The molecule has 0 spiro atoms. The molecule has 7 heteroatoms. The average molecular weight is 445 g/mol. The van der Waals surface area contributed by atoms with E-state index in [1.807, 2.05) is 13.1 Å². The van der Waals surface area contributed by atoms with Gasteiger partial charge >= 0.3 is 0 Å². The Morgan fingerprint density at radius 1 is 1.03 bits per heavy atom. The van der Waals surface area contributed by atoms with E-state index in [-0.39, 0.29) is 5.82 Å². The van der Waals surface area contributed by atoms with Crippen molar-refractivity contribution in [2.45, 2.75) is 25.8 Å². The molecule has 0 aliphatic carbocycles. The van der Waals surface area contributed by atoms with Gasteiger partial charge in [-0.15, -0.1) is 0 Å². The van der Waals surface area contributed by atoms with Gasteiger partial charge in [-0.25, -0.2) is 9.37 Å². The fraction of sp³-hybridized carbons (Fsp3) is 0.308. The first-order chi connectivity index (χ1) is 15.9. The molecular weight excluding hydrogens is 415 g/mol. The number of hydrogen-bond acceptors (Lipinski definition) is 5. The van der Waals surface area contributed by atoms with Crippen molar-refractivity contribution in [1.82, 2.24) is 19.5 Å². The second kappa shape index (κ2) is 8.48. The number of rotatable bonds is 4. The van der Waals surface area contributed by atoms with Crippen molar-refractivity contribution in [2.24, 2.45) is 0 Å². The number of nitrogens with two attached hydrogens (primary N) is 1. The molecule has 2 N–H and O–H groups in total. The van der Waals surface area contributed by atoms with E-state index in [0.717, 1.165) is 59.5 Å². The lowest BCUT2D eigenvalue weighted by Gasteiger charge is -2.36. The van der Waals surface area contributed by atoms with E-state index in [2.05, 4.69) is 53.3 Å². The molecule has 0 amide bonds. The molecule has 0 atom stereocenters. The highest BCUT2D eigenvalue weighted by atomic mass is 19.1. The maximum Gasteiger partial charge on any atom is 0.165 e. The number of benzene rings is 2. The van der Waals surface area contributed by atoms with Crippen LogP contribution in [0.4, 0.5) is 15.9 Å². The highest BCUT2D eigenvalue weighted by molar-refractivity contribution is 5.84. The fourth-order valence-electron chi connectivity index (χ4n) is 4.82. The molecule has 1 fully saturated rings. The van der Waals surface area contributed by atoms with Crippen molar-refractivity contribution >= 4 is 17.2 Å². The summed E-state index contributed by atoms with van der Waals surface area (Å²) in [6.45, 7) is 4.02. The predicted octanol–water partition coefficient (Wildman–Crippen LogP) is 4.62. The third-order valence-corrected chi connectivity index (χ3v) is 6.71. The van der Waals surface area contributed by atoms with Crippen LogP contribution in [0.3, 0.4) is 0 Å². The summed E-state index contributed by atoms with van der Waals surface area (Å²) in [5.74, 6) is 0.216. The summed E-state index contributed by atoms with van der Waals surface area (Å²) < 4.78 is 15.1. The van der Waals surface area contributed by atoms with E-state index in [9.17, 15) is 4.39 Å². The average Bonchev–Trinajstić information content (AvgIpc) is 3.24. The van der Waals surface area contributed by atoms with Gasteiger partial charge < -0.3 is 15.5 Å². The quantitative estimate of drug-likeness (QED) is 0.498. The summed E-state index contributed by atoms with van der Waals surface area (Å²) in [5, 5.41) is 4.55. The van der Waals surface area contributed by atoms with Crippen LogP contribution in [0.5, 0.6) is 0 Å². The second-order valence-corrected chi connectivity index (χ2v) is 8.99. The molecule has 4 aromatic rings. The van der Waals surface area contributed by atoms with Crippen LogP contribution < -0.4 is 10.6 Å². The number of piperidine rings is 1. The van der Waals surface area contributed by atoms with Gasteiger partial charge in [0, 0.05) is 35.9 Å². The van der Waals surface area contributed by atoms with Gasteiger partial charge in [0.05, 0.1) is 11.9 Å². The van der Waals surface area contributed by atoms with Gasteiger partial charge in [-0.3, -0.25) is 0 Å². The number of fused-ring (bicyclic) bond motifs is 1. The van der Waals surface area contributed by atoms with Crippen LogP contribution in [0.1, 0.15) is 18.5 Å². The number of aromatic nitrogens is 3. The van der Waals surface area contributed by atoms with E-state index in [4.69, 9.17) is 10.7 Å². The van der Waals surface area contributed by atoms with E-state index in [1.54, 1.807) is 16.6 Å². The molecular formula is C26H29FN6. The zero-order valence-corrected chi connectivity index (χ0v) is 19.3. The standard InChI is InChI=1S/C26H29FN6/c1-17-24(18-7-9-20(27)10-8-18)25(28)33-26(30-17)23(16-29-33)19-5-4-6-22(15-19)32-13-11-21(12-14-32)31(2)3/h4-10,15-16,21H,11-14,28H2,1-3H3. The smallest absolute Gasteiger partial charge is 0.165 e. The molecule has 1 saturated heterocycles. The Bertz CT molecular complexity index is 1290. The molecule has 6 nitrogen and oxygen atoms in total. The summed E-state index contributed by atoms with van der Waals surface area (Å²) in [7, 11) is 4.32. The molecule has 2 aromatic carbocycles. The van der Waals surface area contributed by atoms with Crippen molar-refractivity contribution in [3.63, 3.8) is 0 Å². The first-order valence-corrected chi connectivity index (χ1v) is 11.3. The van der Waals surface area contributed by atoms with Crippen molar-refractivity contribution in [3.05, 3.63) is 66.2 Å². The maximum absolute atomic E-state index is 13.4. The number of nitrogen functional groups attached to an aromatic ring is 1. The SMILES string of the molecule is Cc1nc2c(-c3cccc(N4CCC(N(C)C)CC4)c3)cnn2c(N)c1-c1ccc(F)cc1. The second-order valence-electron chi connectivity index (χ2n) is 8.99. The molecule has 0 bridgehead atoms. The predicted molar refractivity (Wildman–Crippen MR) is 132 cm³/mol. The van der Waals surface area contributed by atoms with Crippen LogP contribution in [-0.4, -0.2) is 52.7 Å². The Hall–Kier alpha value is -3.45. The van der Waals surface area contributed by atoms with E-state index < -0.39 is 0 Å². The maximum atomic E-state index is 13.4. The van der Waals surface area contributed by atoms with Gasteiger partial charge in [0.25, 0.3) is 0 Å². The number of hydrogen-bond donors (Lipinski definition) is 1. The van der Waals surface area contributed by atoms with Crippen LogP contribution in [0, 0.1) is 12.7 Å². The lowest BCUT2D eigenvalue weighted by atomic mass is 10.0. The third kappa shape index (κ3) is 3.93. The largest absolute Gasteiger partial charge is 0.383 e.